The highest BCUT2D eigenvalue weighted by molar-refractivity contribution is 5.82. The lowest BCUT2D eigenvalue weighted by atomic mass is 9.71. The van der Waals surface area contributed by atoms with E-state index in [2.05, 4.69) is 36.2 Å². The van der Waals surface area contributed by atoms with Crippen molar-refractivity contribution in [2.75, 3.05) is 25.1 Å². The van der Waals surface area contributed by atoms with Crippen molar-refractivity contribution in [1.82, 2.24) is 4.90 Å². The summed E-state index contributed by atoms with van der Waals surface area (Å²) < 4.78 is 0. The van der Waals surface area contributed by atoms with Crippen molar-refractivity contribution < 1.29 is 9.90 Å². The maximum atomic E-state index is 12.9. The highest BCUT2D eigenvalue weighted by atomic mass is 16.3. The Morgan fingerprint density at radius 2 is 2.00 bits per heavy atom. The first kappa shape index (κ1) is 14.1. The van der Waals surface area contributed by atoms with Crippen molar-refractivity contribution in [2.45, 2.75) is 43.7 Å². The molecular formula is C18H24N2O2. The summed E-state index contributed by atoms with van der Waals surface area (Å²) in [5, 5.41) is 9.87. The molecule has 2 aliphatic heterocycles. The van der Waals surface area contributed by atoms with E-state index in [1.54, 1.807) is 0 Å². The largest absolute Gasteiger partial charge is 0.394 e. The van der Waals surface area contributed by atoms with Crippen LogP contribution in [0, 0.1) is 5.92 Å². The van der Waals surface area contributed by atoms with Gasteiger partial charge in [-0.3, -0.25) is 4.79 Å². The van der Waals surface area contributed by atoms with Crippen LogP contribution in [-0.2, 0) is 4.79 Å². The predicted molar refractivity (Wildman–Crippen MR) is 85.9 cm³/mol. The van der Waals surface area contributed by atoms with Crippen LogP contribution in [0.3, 0.4) is 0 Å². The summed E-state index contributed by atoms with van der Waals surface area (Å²) in [6.45, 7) is 0.939. The molecule has 118 valence electrons. The van der Waals surface area contributed by atoms with Gasteiger partial charge >= 0.3 is 0 Å². The molecule has 0 spiro atoms. The Labute approximate surface area is 131 Å². The zero-order chi connectivity index (χ0) is 15.3. The summed E-state index contributed by atoms with van der Waals surface area (Å²) in [5.74, 6) is 0.769. The number of hydrogen-bond acceptors (Lipinski definition) is 3. The first-order valence-electron chi connectivity index (χ1n) is 8.45. The highest BCUT2D eigenvalue weighted by Crippen LogP contribution is 2.48. The summed E-state index contributed by atoms with van der Waals surface area (Å²) >= 11 is 0. The molecule has 3 atom stereocenters. The van der Waals surface area contributed by atoms with Crippen molar-refractivity contribution in [2.24, 2.45) is 5.92 Å². The lowest BCUT2D eigenvalue weighted by molar-refractivity contribution is -0.154. The van der Waals surface area contributed by atoms with E-state index in [0.29, 0.717) is 5.92 Å². The zero-order valence-corrected chi connectivity index (χ0v) is 13.1. The maximum absolute atomic E-state index is 12.9. The number of rotatable bonds is 2. The second kappa shape index (κ2) is 5.27. The van der Waals surface area contributed by atoms with Gasteiger partial charge in [-0.25, -0.2) is 0 Å². The average Bonchev–Trinajstić information content (AvgIpc) is 3.05. The molecule has 4 nitrogen and oxygen atoms in total. The number of para-hydroxylation sites is 1. The van der Waals surface area contributed by atoms with Crippen molar-refractivity contribution in [3.63, 3.8) is 0 Å². The molecule has 0 bridgehead atoms. The van der Waals surface area contributed by atoms with E-state index in [0.717, 1.165) is 19.4 Å². The summed E-state index contributed by atoms with van der Waals surface area (Å²) in [7, 11) is 2.10. The van der Waals surface area contributed by atoms with Gasteiger partial charge in [0.15, 0.2) is 0 Å². The lowest BCUT2D eigenvalue weighted by Gasteiger charge is -2.59. The SMILES string of the molecule is CN1C[C@@H]2[C@H](c3ccccc31)[C@H](CO)N2C(=O)C1CCCC1. The van der Waals surface area contributed by atoms with Crippen LogP contribution in [0.5, 0.6) is 0 Å². The molecule has 3 aliphatic rings. The maximum Gasteiger partial charge on any atom is 0.226 e. The van der Waals surface area contributed by atoms with Crippen molar-refractivity contribution in [3.8, 4) is 0 Å². The second-order valence-electron chi connectivity index (χ2n) is 7.01. The van der Waals surface area contributed by atoms with E-state index in [1.807, 2.05) is 4.90 Å². The number of benzene rings is 1. The van der Waals surface area contributed by atoms with Crippen molar-refractivity contribution in [1.29, 1.82) is 0 Å². The Morgan fingerprint density at radius 1 is 1.27 bits per heavy atom. The third kappa shape index (κ3) is 1.89. The minimum atomic E-state index is -0.0343. The molecule has 1 N–H and O–H groups in total. The second-order valence-corrected chi connectivity index (χ2v) is 7.01. The number of aliphatic hydroxyl groups excluding tert-OH is 1. The molecule has 4 rings (SSSR count). The summed E-state index contributed by atoms with van der Waals surface area (Å²) in [6.07, 6.45) is 4.39. The van der Waals surface area contributed by atoms with Crippen LogP contribution < -0.4 is 4.90 Å². The number of aliphatic hydroxyl groups is 1. The van der Waals surface area contributed by atoms with Gasteiger partial charge in [0.2, 0.25) is 5.91 Å². The minimum absolute atomic E-state index is 0.0343. The Kier molecular flexibility index (Phi) is 3.37. The van der Waals surface area contributed by atoms with E-state index in [4.69, 9.17) is 0 Å². The Bertz CT molecular complexity index is 582. The molecule has 1 aromatic rings. The van der Waals surface area contributed by atoms with Gasteiger partial charge in [0, 0.05) is 31.1 Å². The number of amides is 1. The molecule has 0 unspecified atom stereocenters. The molecule has 1 saturated heterocycles. The Morgan fingerprint density at radius 3 is 2.73 bits per heavy atom. The number of hydrogen-bond donors (Lipinski definition) is 1. The molecule has 1 aromatic carbocycles. The number of carbonyl (C=O) groups excluding carboxylic acids is 1. The van der Waals surface area contributed by atoms with Crippen LogP contribution in [0.25, 0.3) is 0 Å². The fourth-order valence-corrected chi connectivity index (χ4v) is 4.77. The summed E-state index contributed by atoms with van der Waals surface area (Å²) in [6, 6.07) is 8.61. The third-order valence-corrected chi connectivity index (χ3v) is 5.86. The molecule has 0 radical (unpaired) electrons. The van der Waals surface area contributed by atoms with Crippen molar-refractivity contribution in [3.05, 3.63) is 29.8 Å². The van der Waals surface area contributed by atoms with Gasteiger partial charge in [-0.15, -0.1) is 0 Å². The fourth-order valence-electron chi connectivity index (χ4n) is 4.77. The van der Waals surface area contributed by atoms with Crippen LogP contribution in [0.1, 0.15) is 37.2 Å². The molecule has 2 fully saturated rings. The van der Waals surface area contributed by atoms with Gasteiger partial charge in [-0.1, -0.05) is 31.0 Å². The van der Waals surface area contributed by atoms with Gasteiger partial charge in [0.05, 0.1) is 18.7 Å². The van der Waals surface area contributed by atoms with Gasteiger partial charge in [0.1, 0.15) is 0 Å². The quantitative estimate of drug-likeness (QED) is 0.908. The van der Waals surface area contributed by atoms with E-state index < -0.39 is 0 Å². The standard InChI is InChI=1S/C18H24N2O2/c1-19-10-15-17(13-8-4-5-9-14(13)19)16(11-21)20(15)18(22)12-6-2-3-7-12/h4-5,8-9,12,15-17,21H,2-3,6-7,10-11H2,1H3/t15-,16+,17+/m1/s1. The van der Waals surface area contributed by atoms with E-state index in [1.165, 1.54) is 24.1 Å². The summed E-state index contributed by atoms with van der Waals surface area (Å²) in [5.41, 5.74) is 2.53. The zero-order valence-electron chi connectivity index (χ0n) is 13.1. The highest BCUT2D eigenvalue weighted by Gasteiger charge is 2.54. The van der Waals surface area contributed by atoms with Crippen LogP contribution in [0.2, 0.25) is 0 Å². The van der Waals surface area contributed by atoms with E-state index >= 15 is 0 Å². The number of likely N-dealkylation sites (N-methyl/N-ethyl adjacent to an activating group) is 1. The van der Waals surface area contributed by atoms with E-state index in [9.17, 15) is 9.90 Å². The fraction of sp³-hybridized carbons (Fsp3) is 0.611. The number of nitrogens with zero attached hydrogens (tertiary/aromatic N) is 2. The van der Waals surface area contributed by atoms with Crippen LogP contribution in [0.15, 0.2) is 24.3 Å². The van der Waals surface area contributed by atoms with E-state index in [-0.39, 0.29) is 30.5 Å². The topological polar surface area (TPSA) is 43.8 Å². The van der Waals surface area contributed by atoms with Gasteiger partial charge in [-0.05, 0) is 24.5 Å². The molecular weight excluding hydrogens is 276 g/mol. The number of anilines is 1. The van der Waals surface area contributed by atoms with Crippen molar-refractivity contribution >= 4 is 11.6 Å². The normalized spacial score (nSPS) is 30.7. The van der Waals surface area contributed by atoms with Crippen LogP contribution >= 0.6 is 0 Å². The third-order valence-electron chi connectivity index (χ3n) is 5.86. The molecule has 1 saturated carbocycles. The molecule has 22 heavy (non-hydrogen) atoms. The molecule has 1 amide bonds. The number of fused-ring (bicyclic) bond motifs is 3. The molecule has 0 aromatic heterocycles. The van der Waals surface area contributed by atoms with Gasteiger partial charge in [-0.2, -0.15) is 0 Å². The van der Waals surface area contributed by atoms with Gasteiger partial charge in [0.25, 0.3) is 0 Å². The monoisotopic (exact) mass is 300 g/mol. The average molecular weight is 300 g/mol. The minimum Gasteiger partial charge on any atom is -0.394 e. The van der Waals surface area contributed by atoms with Gasteiger partial charge < -0.3 is 14.9 Å². The molecule has 1 aliphatic carbocycles. The Balaban J connectivity index is 1.64. The van der Waals surface area contributed by atoms with Crippen LogP contribution in [-0.4, -0.2) is 48.2 Å². The molecule has 2 heterocycles. The first-order chi connectivity index (χ1) is 10.7. The Hall–Kier alpha value is -1.55. The predicted octanol–water partition coefficient (Wildman–Crippen LogP) is 1.98. The summed E-state index contributed by atoms with van der Waals surface area (Å²) in [4.78, 5) is 17.1. The molecule has 4 heteroatoms. The smallest absolute Gasteiger partial charge is 0.226 e. The number of carbonyl (C=O) groups is 1. The number of likely N-dealkylation sites (tertiary alicyclic amines) is 1. The van der Waals surface area contributed by atoms with Crippen LogP contribution in [0.4, 0.5) is 5.69 Å². The first-order valence-corrected chi connectivity index (χ1v) is 8.45. The lowest BCUT2D eigenvalue weighted by Crippen LogP contribution is -2.70.